The predicted octanol–water partition coefficient (Wildman–Crippen LogP) is 3.59. The third-order valence-electron chi connectivity index (χ3n) is 3.08. The van der Waals surface area contributed by atoms with E-state index in [2.05, 4.69) is 15.0 Å². The van der Waals surface area contributed by atoms with Crippen molar-refractivity contribution in [1.29, 1.82) is 0 Å². The van der Waals surface area contributed by atoms with Crippen LogP contribution in [0.5, 0.6) is 5.75 Å². The van der Waals surface area contributed by atoms with Crippen LogP contribution in [0.15, 0.2) is 30.7 Å². The Bertz CT molecular complexity index is 839. The van der Waals surface area contributed by atoms with Crippen LogP contribution in [0.1, 0.15) is 0 Å². The van der Waals surface area contributed by atoms with Gasteiger partial charge in [0.1, 0.15) is 23.4 Å². The number of halogens is 2. The molecular formula is C14H10Cl2N4O. The molecule has 106 valence electrons. The first-order valence-corrected chi connectivity index (χ1v) is 6.76. The van der Waals surface area contributed by atoms with Crippen LogP contribution >= 0.6 is 23.2 Å². The summed E-state index contributed by atoms with van der Waals surface area (Å²) < 4.78 is 5.27. The molecule has 0 bridgehead atoms. The maximum atomic E-state index is 6.26. The second kappa shape index (κ2) is 5.35. The third kappa shape index (κ3) is 2.24. The molecule has 0 saturated heterocycles. The monoisotopic (exact) mass is 320 g/mol. The summed E-state index contributed by atoms with van der Waals surface area (Å²) in [7, 11) is 1.54. The first-order valence-electron chi connectivity index (χ1n) is 6.01. The Labute approximate surface area is 130 Å². The van der Waals surface area contributed by atoms with Gasteiger partial charge in [0.05, 0.1) is 34.4 Å². The van der Waals surface area contributed by atoms with Crippen molar-refractivity contribution < 1.29 is 4.74 Å². The normalized spacial score (nSPS) is 10.8. The van der Waals surface area contributed by atoms with Gasteiger partial charge in [-0.1, -0.05) is 35.3 Å². The molecule has 2 aromatic heterocycles. The molecule has 0 radical (unpaired) electrons. The van der Waals surface area contributed by atoms with E-state index in [-0.39, 0.29) is 0 Å². The molecule has 0 aliphatic heterocycles. The molecule has 0 atom stereocenters. The van der Waals surface area contributed by atoms with Gasteiger partial charge in [-0.3, -0.25) is 0 Å². The number of rotatable bonds is 2. The molecule has 0 amide bonds. The predicted molar refractivity (Wildman–Crippen MR) is 83.8 cm³/mol. The van der Waals surface area contributed by atoms with Crippen molar-refractivity contribution in [2.24, 2.45) is 0 Å². The standard InChI is InChI=1S/C14H10Cl2N4O/c1-21-9-5-18-12(7-3-2-4-8(15)11(7)16)13-10(9)14(17)20-6-19-13/h2-6H,1H3,(H2,17,19,20). The van der Waals surface area contributed by atoms with E-state index in [0.29, 0.717) is 43.8 Å². The van der Waals surface area contributed by atoms with Crippen LogP contribution < -0.4 is 10.5 Å². The van der Waals surface area contributed by atoms with Crippen LogP contribution in [0, 0.1) is 0 Å². The zero-order chi connectivity index (χ0) is 15.0. The number of nitrogens with zero attached hydrogens (tertiary/aromatic N) is 3. The maximum Gasteiger partial charge on any atom is 0.150 e. The topological polar surface area (TPSA) is 73.9 Å². The van der Waals surface area contributed by atoms with Crippen molar-refractivity contribution in [2.45, 2.75) is 0 Å². The lowest BCUT2D eigenvalue weighted by Gasteiger charge is -2.11. The van der Waals surface area contributed by atoms with E-state index >= 15 is 0 Å². The van der Waals surface area contributed by atoms with Gasteiger partial charge in [-0.2, -0.15) is 0 Å². The number of nitrogens with two attached hydrogens (primary N) is 1. The second-order valence-electron chi connectivity index (χ2n) is 4.26. The van der Waals surface area contributed by atoms with Gasteiger partial charge in [-0.15, -0.1) is 0 Å². The number of anilines is 1. The van der Waals surface area contributed by atoms with Crippen LogP contribution in [0.3, 0.4) is 0 Å². The quantitative estimate of drug-likeness (QED) is 0.781. The summed E-state index contributed by atoms with van der Waals surface area (Å²) >= 11 is 12.3. The molecule has 5 nitrogen and oxygen atoms in total. The third-order valence-corrected chi connectivity index (χ3v) is 3.90. The Morgan fingerprint density at radius 1 is 1.14 bits per heavy atom. The first-order chi connectivity index (χ1) is 10.1. The number of nitrogen functional groups attached to an aromatic ring is 1. The van der Waals surface area contributed by atoms with Gasteiger partial charge < -0.3 is 10.5 Å². The fourth-order valence-corrected chi connectivity index (χ4v) is 2.50. The Balaban J connectivity index is 2.40. The molecule has 0 fully saturated rings. The number of ether oxygens (including phenoxy) is 1. The average Bonchev–Trinajstić information content (AvgIpc) is 2.49. The van der Waals surface area contributed by atoms with E-state index in [4.69, 9.17) is 33.7 Å². The van der Waals surface area contributed by atoms with Crippen molar-refractivity contribution in [3.63, 3.8) is 0 Å². The number of fused-ring (bicyclic) bond motifs is 1. The molecule has 3 aromatic rings. The first kappa shape index (κ1) is 13.9. The largest absolute Gasteiger partial charge is 0.494 e. The minimum absolute atomic E-state index is 0.318. The van der Waals surface area contributed by atoms with Crippen LogP contribution in [0.2, 0.25) is 10.0 Å². The second-order valence-corrected chi connectivity index (χ2v) is 5.04. The van der Waals surface area contributed by atoms with Crippen LogP contribution in [0.4, 0.5) is 5.82 Å². The Kier molecular flexibility index (Phi) is 3.53. The number of hydrogen-bond acceptors (Lipinski definition) is 5. The molecule has 0 aliphatic carbocycles. The number of benzene rings is 1. The van der Waals surface area contributed by atoms with Crippen LogP contribution in [-0.4, -0.2) is 22.1 Å². The fourth-order valence-electron chi connectivity index (χ4n) is 2.11. The van der Waals surface area contributed by atoms with Gasteiger partial charge >= 0.3 is 0 Å². The SMILES string of the molecule is COc1cnc(-c2cccc(Cl)c2Cl)c2ncnc(N)c12. The van der Waals surface area contributed by atoms with E-state index in [1.165, 1.54) is 13.4 Å². The number of methoxy groups -OCH3 is 1. The molecule has 2 heterocycles. The molecule has 21 heavy (non-hydrogen) atoms. The molecule has 0 aliphatic rings. The summed E-state index contributed by atoms with van der Waals surface area (Å²) in [6, 6.07) is 5.33. The highest BCUT2D eigenvalue weighted by Crippen LogP contribution is 2.38. The average molecular weight is 321 g/mol. The fraction of sp³-hybridized carbons (Fsp3) is 0.0714. The molecule has 3 rings (SSSR count). The van der Waals surface area contributed by atoms with E-state index in [9.17, 15) is 0 Å². The molecule has 7 heteroatoms. The Morgan fingerprint density at radius 2 is 1.95 bits per heavy atom. The van der Waals surface area contributed by atoms with Crippen molar-refractivity contribution >= 4 is 39.9 Å². The molecular weight excluding hydrogens is 311 g/mol. The maximum absolute atomic E-state index is 6.26. The summed E-state index contributed by atoms with van der Waals surface area (Å²) in [5, 5.41) is 1.46. The Hall–Kier alpha value is -2.11. The van der Waals surface area contributed by atoms with Gasteiger partial charge in [-0.05, 0) is 6.07 Å². The van der Waals surface area contributed by atoms with E-state index in [1.54, 1.807) is 18.3 Å². The minimum atomic E-state index is 0.318. The molecule has 0 unspecified atom stereocenters. The van der Waals surface area contributed by atoms with Gasteiger partial charge in [0.2, 0.25) is 0 Å². The van der Waals surface area contributed by atoms with E-state index < -0.39 is 0 Å². The highest BCUT2D eigenvalue weighted by Gasteiger charge is 2.17. The smallest absolute Gasteiger partial charge is 0.150 e. The van der Waals surface area contributed by atoms with Crippen LogP contribution in [0.25, 0.3) is 22.2 Å². The number of aromatic nitrogens is 3. The van der Waals surface area contributed by atoms with Crippen molar-refractivity contribution in [3.8, 4) is 17.0 Å². The van der Waals surface area contributed by atoms with E-state index in [1.807, 2.05) is 6.07 Å². The summed E-state index contributed by atoms with van der Waals surface area (Å²) in [6.45, 7) is 0. The van der Waals surface area contributed by atoms with Gasteiger partial charge in [0, 0.05) is 5.56 Å². The lowest BCUT2D eigenvalue weighted by molar-refractivity contribution is 0.418. The zero-order valence-electron chi connectivity index (χ0n) is 11.0. The highest BCUT2D eigenvalue weighted by molar-refractivity contribution is 6.43. The summed E-state index contributed by atoms with van der Waals surface area (Å²) in [5.41, 5.74) is 7.74. The number of hydrogen-bond donors (Lipinski definition) is 1. The molecule has 1 aromatic carbocycles. The van der Waals surface area contributed by atoms with Gasteiger partial charge in [0.15, 0.2) is 0 Å². The Morgan fingerprint density at radius 3 is 2.71 bits per heavy atom. The molecule has 0 spiro atoms. The van der Waals surface area contributed by atoms with Crippen molar-refractivity contribution in [2.75, 3.05) is 12.8 Å². The van der Waals surface area contributed by atoms with Crippen molar-refractivity contribution in [1.82, 2.24) is 15.0 Å². The van der Waals surface area contributed by atoms with E-state index in [0.717, 1.165) is 0 Å². The zero-order valence-corrected chi connectivity index (χ0v) is 12.5. The van der Waals surface area contributed by atoms with Crippen molar-refractivity contribution in [3.05, 3.63) is 40.8 Å². The lowest BCUT2D eigenvalue weighted by Crippen LogP contribution is -1.99. The minimum Gasteiger partial charge on any atom is -0.494 e. The highest BCUT2D eigenvalue weighted by atomic mass is 35.5. The van der Waals surface area contributed by atoms with Gasteiger partial charge in [-0.25, -0.2) is 15.0 Å². The van der Waals surface area contributed by atoms with Crippen LogP contribution in [-0.2, 0) is 0 Å². The van der Waals surface area contributed by atoms with Gasteiger partial charge in [0.25, 0.3) is 0 Å². The molecule has 2 N–H and O–H groups in total. The summed E-state index contributed by atoms with van der Waals surface area (Å²) in [4.78, 5) is 12.6. The number of pyridine rings is 1. The summed E-state index contributed by atoms with van der Waals surface area (Å²) in [6.07, 6.45) is 2.94. The summed E-state index contributed by atoms with van der Waals surface area (Å²) in [5.74, 6) is 0.823. The molecule has 0 saturated carbocycles. The lowest BCUT2D eigenvalue weighted by atomic mass is 10.1.